The maximum absolute atomic E-state index is 13.7. The van der Waals surface area contributed by atoms with Gasteiger partial charge in [0.05, 0.1) is 13.7 Å². The fraction of sp³-hybridized carbons (Fsp3) is 0.429. The van der Waals surface area contributed by atoms with Crippen LogP contribution in [-0.4, -0.2) is 37.5 Å². The fourth-order valence-electron chi connectivity index (χ4n) is 1.97. The first-order chi connectivity index (χ1) is 11.2. The van der Waals surface area contributed by atoms with Crippen molar-refractivity contribution in [3.05, 3.63) is 35.5 Å². The lowest BCUT2D eigenvalue weighted by Gasteiger charge is -2.21. The van der Waals surface area contributed by atoms with E-state index in [1.807, 2.05) is 0 Å². The predicted molar refractivity (Wildman–Crippen MR) is 77.2 cm³/mol. The van der Waals surface area contributed by atoms with Gasteiger partial charge in [0.15, 0.2) is 11.6 Å². The van der Waals surface area contributed by atoms with E-state index in [-0.39, 0.29) is 29.7 Å². The van der Waals surface area contributed by atoms with E-state index in [2.05, 4.69) is 15.5 Å². The van der Waals surface area contributed by atoms with Gasteiger partial charge >= 0.3 is 6.18 Å². The first-order valence-corrected chi connectivity index (χ1v) is 6.86. The van der Waals surface area contributed by atoms with E-state index in [1.165, 1.54) is 7.11 Å². The number of hydrogen-bond donors (Lipinski definition) is 1. The van der Waals surface area contributed by atoms with Crippen LogP contribution >= 0.6 is 0 Å². The molecule has 24 heavy (non-hydrogen) atoms. The van der Waals surface area contributed by atoms with Gasteiger partial charge in [0.25, 0.3) is 5.95 Å². The second-order valence-electron chi connectivity index (χ2n) is 5.13. The van der Waals surface area contributed by atoms with E-state index in [0.29, 0.717) is 0 Å². The van der Waals surface area contributed by atoms with E-state index < -0.39 is 18.0 Å². The van der Waals surface area contributed by atoms with Crippen LogP contribution in [-0.2, 0) is 6.54 Å². The summed E-state index contributed by atoms with van der Waals surface area (Å²) in [6.07, 6.45) is -4.63. The first-order valence-electron chi connectivity index (χ1n) is 6.86. The monoisotopic (exact) mass is 348 g/mol. The van der Waals surface area contributed by atoms with Crippen molar-refractivity contribution in [2.75, 3.05) is 26.1 Å². The molecule has 0 bridgehead atoms. The summed E-state index contributed by atoms with van der Waals surface area (Å²) in [5, 5.41) is 5.87. The molecule has 0 saturated carbocycles. The van der Waals surface area contributed by atoms with Crippen LogP contribution < -0.4 is 15.0 Å². The zero-order chi connectivity index (χ0) is 17.9. The number of nitrogens with zero attached hydrogens (tertiary/aromatic N) is 3. The summed E-state index contributed by atoms with van der Waals surface area (Å²) in [4.78, 5) is 5.48. The van der Waals surface area contributed by atoms with E-state index in [0.717, 1.165) is 18.2 Å². The minimum atomic E-state index is -4.63. The molecule has 0 fully saturated rings. The molecule has 1 N–H and O–H groups in total. The number of halogens is 4. The molecule has 2 aromatic rings. The highest BCUT2D eigenvalue weighted by molar-refractivity contribution is 5.31. The van der Waals surface area contributed by atoms with Gasteiger partial charge in [0, 0.05) is 14.1 Å². The molecule has 0 aliphatic carbocycles. The maximum Gasteiger partial charge on any atom is 0.407 e. The molecular weight excluding hydrogens is 332 g/mol. The highest BCUT2D eigenvalue weighted by Crippen LogP contribution is 2.34. The zero-order valence-electron chi connectivity index (χ0n) is 13.2. The van der Waals surface area contributed by atoms with Crippen LogP contribution in [0.25, 0.3) is 0 Å². The second-order valence-corrected chi connectivity index (χ2v) is 5.13. The molecule has 1 aromatic carbocycles. The summed E-state index contributed by atoms with van der Waals surface area (Å²) in [6.45, 7) is -0.321. The molecule has 132 valence electrons. The van der Waals surface area contributed by atoms with Crippen LogP contribution in [0, 0.1) is 5.82 Å². The quantitative estimate of drug-likeness (QED) is 0.810. The van der Waals surface area contributed by atoms with Crippen molar-refractivity contribution in [1.82, 2.24) is 15.5 Å². The number of methoxy groups -OCH3 is 1. The SMILES string of the molecule is COc1ccc(C(NCc2nc(N(C)C)no2)C(F)(F)F)cc1F. The van der Waals surface area contributed by atoms with E-state index in [4.69, 9.17) is 9.26 Å². The summed E-state index contributed by atoms with van der Waals surface area (Å²) < 4.78 is 63.0. The average molecular weight is 348 g/mol. The molecule has 0 radical (unpaired) electrons. The van der Waals surface area contributed by atoms with Crippen LogP contribution in [0.3, 0.4) is 0 Å². The van der Waals surface area contributed by atoms with Crippen LogP contribution in [0.2, 0.25) is 0 Å². The number of hydrogen-bond acceptors (Lipinski definition) is 6. The lowest BCUT2D eigenvalue weighted by molar-refractivity contribution is -0.158. The predicted octanol–water partition coefficient (Wildman–Crippen LogP) is 2.68. The third kappa shape index (κ3) is 4.13. The van der Waals surface area contributed by atoms with Gasteiger partial charge in [-0.2, -0.15) is 18.2 Å². The Balaban J connectivity index is 2.18. The molecular formula is C14H16F4N4O2. The summed E-state index contributed by atoms with van der Waals surface area (Å²) >= 11 is 0. The Kier molecular flexibility index (Phi) is 5.27. The summed E-state index contributed by atoms with van der Waals surface area (Å²) in [7, 11) is 4.57. The Morgan fingerprint density at radius 2 is 2.04 bits per heavy atom. The van der Waals surface area contributed by atoms with Crippen molar-refractivity contribution in [3.8, 4) is 5.75 Å². The van der Waals surface area contributed by atoms with Crippen molar-refractivity contribution in [2.24, 2.45) is 0 Å². The van der Waals surface area contributed by atoms with Crippen molar-refractivity contribution in [2.45, 2.75) is 18.8 Å². The average Bonchev–Trinajstić information content (AvgIpc) is 2.95. The molecule has 1 atom stereocenters. The Hall–Kier alpha value is -2.36. The molecule has 1 aromatic heterocycles. The number of nitrogens with one attached hydrogen (secondary N) is 1. The number of benzene rings is 1. The van der Waals surface area contributed by atoms with Gasteiger partial charge in [-0.15, -0.1) is 0 Å². The van der Waals surface area contributed by atoms with Crippen molar-refractivity contribution >= 4 is 5.95 Å². The van der Waals surface area contributed by atoms with Crippen molar-refractivity contribution in [1.29, 1.82) is 0 Å². The molecule has 6 nitrogen and oxygen atoms in total. The topological polar surface area (TPSA) is 63.4 Å². The number of ether oxygens (including phenoxy) is 1. The molecule has 1 unspecified atom stereocenters. The number of alkyl halides is 3. The Morgan fingerprint density at radius 3 is 2.54 bits per heavy atom. The van der Waals surface area contributed by atoms with Gasteiger partial charge < -0.3 is 14.2 Å². The lowest BCUT2D eigenvalue weighted by Crippen LogP contribution is -2.34. The molecule has 0 aliphatic rings. The van der Waals surface area contributed by atoms with Gasteiger partial charge in [0.1, 0.15) is 6.04 Å². The van der Waals surface area contributed by atoms with Crippen molar-refractivity contribution in [3.63, 3.8) is 0 Å². The van der Waals surface area contributed by atoms with E-state index in [9.17, 15) is 17.6 Å². The molecule has 2 rings (SSSR count). The summed E-state index contributed by atoms with van der Waals surface area (Å²) in [6, 6.07) is 0.976. The fourth-order valence-corrected chi connectivity index (χ4v) is 1.97. The van der Waals surface area contributed by atoms with E-state index in [1.54, 1.807) is 19.0 Å². The standard InChI is InChI=1S/C14H16F4N4O2/c1-22(2)13-20-11(24-21-13)7-19-12(14(16,17)18)8-4-5-10(23-3)9(15)6-8/h4-6,12,19H,7H2,1-3H3. The van der Waals surface area contributed by atoms with Crippen LogP contribution in [0.1, 0.15) is 17.5 Å². The second kappa shape index (κ2) is 7.04. The Morgan fingerprint density at radius 1 is 1.33 bits per heavy atom. The van der Waals surface area contributed by atoms with Crippen LogP contribution in [0.15, 0.2) is 22.7 Å². The van der Waals surface area contributed by atoms with Crippen molar-refractivity contribution < 1.29 is 26.8 Å². The molecule has 1 heterocycles. The number of anilines is 1. The largest absolute Gasteiger partial charge is 0.494 e. The first kappa shape index (κ1) is 18.0. The van der Waals surface area contributed by atoms with Crippen LogP contribution in [0.5, 0.6) is 5.75 Å². The summed E-state index contributed by atoms with van der Waals surface area (Å²) in [5.74, 6) is -0.779. The van der Waals surface area contributed by atoms with Crippen LogP contribution in [0.4, 0.5) is 23.5 Å². The minimum absolute atomic E-state index is 0.0121. The zero-order valence-corrected chi connectivity index (χ0v) is 13.2. The Labute approximate surface area is 135 Å². The van der Waals surface area contributed by atoms with Gasteiger partial charge in [0.2, 0.25) is 5.89 Å². The Bertz CT molecular complexity index is 688. The smallest absolute Gasteiger partial charge is 0.407 e. The lowest BCUT2D eigenvalue weighted by atomic mass is 10.1. The number of aromatic nitrogens is 2. The van der Waals surface area contributed by atoms with Gasteiger partial charge in [-0.3, -0.25) is 5.32 Å². The molecule has 10 heteroatoms. The number of rotatable bonds is 6. The third-order valence-electron chi connectivity index (χ3n) is 3.15. The summed E-state index contributed by atoms with van der Waals surface area (Å²) in [5.41, 5.74) is -0.284. The van der Waals surface area contributed by atoms with Gasteiger partial charge in [-0.25, -0.2) is 4.39 Å². The molecule has 0 spiro atoms. The normalized spacial score (nSPS) is 13.0. The third-order valence-corrected chi connectivity index (χ3v) is 3.15. The highest BCUT2D eigenvalue weighted by Gasteiger charge is 2.41. The molecule has 0 saturated heterocycles. The van der Waals surface area contributed by atoms with Gasteiger partial charge in [-0.1, -0.05) is 6.07 Å². The minimum Gasteiger partial charge on any atom is -0.494 e. The molecule has 0 aliphatic heterocycles. The van der Waals surface area contributed by atoms with Gasteiger partial charge in [-0.05, 0) is 22.9 Å². The molecule has 0 amide bonds. The maximum atomic E-state index is 13.7. The van der Waals surface area contributed by atoms with E-state index >= 15 is 0 Å². The highest BCUT2D eigenvalue weighted by atomic mass is 19.4.